The highest BCUT2D eigenvalue weighted by atomic mass is 16.6. The summed E-state index contributed by atoms with van der Waals surface area (Å²) in [6, 6.07) is 3.42. The van der Waals surface area contributed by atoms with Gasteiger partial charge in [-0.3, -0.25) is 4.79 Å². The number of ether oxygens (including phenoxy) is 3. The highest BCUT2D eigenvalue weighted by Gasteiger charge is 2.19. The Morgan fingerprint density at radius 1 is 1.07 bits per heavy atom. The topological polar surface area (TPSA) is 92.0 Å². The highest BCUT2D eigenvalue weighted by molar-refractivity contribution is 5.87. The third-order valence-corrected chi connectivity index (χ3v) is 3.97. The molecule has 0 aliphatic rings. The van der Waals surface area contributed by atoms with Crippen LogP contribution < -0.4 is 10.4 Å². The van der Waals surface area contributed by atoms with Crippen LogP contribution in [0.2, 0.25) is 0 Å². The number of rotatable bonds is 5. The molecule has 0 spiro atoms. The fraction of sp³-hybridized carbons (Fsp3) is 0.450. The first-order chi connectivity index (χ1) is 12.5. The van der Waals surface area contributed by atoms with Crippen molar-refractivity contribution in [3.8, 4) is 5.75 Å². The molecule has 0 saturated heterocycles. The maximum atomic E-state index is 12.3. The van der Waals surface area contributed by atoms with Gasteiger partial charge in [-0.1, -0.05) is 0 Å². The number of benzene rings is 1. The Labute approximate surface area is 157 Å². The van der Waals surface area contributed by atoms with Crippen LogP contribution in [0, 0.1) is 13.8 Å². The summed E-state index contributed by atoms with van der Waals surface area (Å²) in [5.41, 5.74) is 0.648. The van der Waals surface area contributed by atoms with E-state index in [1.54, 1.807) is 46.8 Å². The van der Waals surface area contributed by atoms with Crippen LogP contribution in [0.1, 0.15) is 37.5 Å². The van der Waals surface area contributed by atoms with Crippen molar-refractivity contribution in [2.75, 3.05) is 13.7 Å². The van der Waals surface area contributed by atoms with E-state index < -0.39 is 23.2 Å². The molecule has 146 valence electrons. The summed E-state index contributed by atoms with van der Waals surface area (Å²) in [6.07, 6.45) is -0.156. The zero-order valence-electron chi connectivity index (χ0n) is 16.4. The van der Waals surface area contributed by atoms with Gasteiger partial charge in [0.25, 0.3) is 0 Å². The normalized spacial score (nSPS) is 11.3. The van der Waals surface area contributed by atoms with Gasteiger partial charge in [0.2, 0.25) is 0 Å². The molecular formula is C20H24O7. The van der Waals surface area contributed by atoms with E-state index in [1.807, 2.05) is 0 Å². The van der Waals surface area contributed by atoms with E-state index >= 15 is 0 Å². The van der Waals surface area contributed by atoms with Crippen molar-refractivity contribution in [3.63, 3.8) is 0 Å². The van der Waals surface area contributed by atoms with Gasteiger partial charge in [0.15, 0.2) is 6.61 Å². The van der Waals surface area contributed by atoms with E-state index in [2.05, 4.69) is 4.74 Å². The Bertz CT molecular complexity index is 932. The quantitative estimate of drug-likeness (QED) is 0.585. The van der Waals surface area contributed by atoms with Gasteiger partial charge in [0.1, 0.15) is 16.9 Å². The molecule has 1 heterocycles. The minimum Gasteiger partial charge on any atom is -0.481 e. The molecule has 0 fully saturated rings. The summed E-state index contributed by atoms with van der Waals surface area (Å²) in [7, 11) is 1.26. The van der Waals surface area contributed by atoms with Gasteiger partial charge in [-0.05, 0) is 52.3 Å². The lowest BCUT2D eigenvalue weighted by atomic mass is 10.0. The second kappa shape index (κ2) is 7.82. The van der Waals surface area contributed by atoms with Gasteiger partial charge in [0, 0.05) is 10.9 Å². The molecule has 0 aliphatic heterocycles. The van der Waals surface area contributed by atoms with E-state index in [0.717, 1.165) is 0 Å². The number of esters is 2. The van der Waals surface area contributed by atoms with Crippen LogP contribution in [-0.4, -0.2) is 31.3 Å². The van der Waals surface area contributed by atoms with Crippen LogP contribution in [0.15, 0.2) is 21.3 Å². The van der Waals surface area contributed by atoms with Gasteiger partial charge in [-0.25, -0.2) is 9.59 Å². The standard InChI is InChI=1S/C20H24O7/c1-11-13-7-8-15(25-10-17(22)27-20(3,4)5)12(2)18(13)26-19(23)14(11)9-16(21)24-6/h7-8H,9-10H2,1-6H3. The van der Waals surface area contributed by atoms with Crippen LogP contribution in [0.3, 0.4) is 0 Å². The third-order valence-electron chi connectivity index (χ3n) is 3.97. The molecular weight excluding hydrogens is 352 g/mol. The number of hydrogen-bond acceptors (Lipinski definition) is 7. The van der Waals surface area contributed by atoms with Crippen molar-refractivity contribution in [2.45, 2.75) is 46.6 Å². The van der Waals surface area contributed by atoms with Crippen LogP contribution in [0.5, 0.6) is 5.75 Å². The smallest absolute Gasteiger partial charge is 0.344 e. The lowest BCUT2D eigenvalue weighted by molar-refractivity contribution is -0.157. The number of fused-ring (bicyclic) bond motifs is 1. The summed E-state index contributed by atoms with van der Waals surface area (Å²) in [5.74, 6) is -0.594. The van der Waals surface area contributed by atoms with E-state index in [4.69, 9.17) is 13.9 Å². The monoisotopic (exact) mass is 376 g/mol. The molecule has 27 heavy (non-hydrogen) atoms. The Morgan fingerprint density at radius 3 is 2.33 bits per heavy atom. The molecule has 0 unspecified atom stereocenters. The molecule has 0 radical (unpaired) electrons. The van der Waals surface area contributed by atoms with E-state index in [1.165, 1.54) is 7.11 Å². The lowest BCUT2D eigenvalue weighted by Crippen LogP contribution is -2.27. The number of methoxy groups -OCH3 is 1. The van der Waals surface area contributed by atoms with Gasteiger partial charge >= 0.3 is 17.6 Å². The van der Waals surface area contributed by atoms with Crippen LogP contribution in [0.25, 0.3) is 11.0 Å². The zero-order chi connectivity index (χ0) is 20.4. The van der Waals surface area contributed by atoms with Crippen LogP contribution in [0.4, 0.5) is 0 Å². The molecule has 0 amide bonds. The van der Waals surface area contributed by atoms with Crippen molar-refractivity contribution in [3.05, 3.63) is 39.2 Å². The zero-order valence-corrected chi connectivity index (χ0v) is 16.4. The van der Waals surface area contributed by atoms with E-state index in [-0.39, 0.29) is 18.6 Å². The summed E-state index contributed by atoms with van der Waals surface area (Å²) in [5, 5.41) is 0.690. The van der Waals surface area contributed by atoms with Crippen molar-refractivity contribution >= 4 is 22.9 Å². The first-order valence-corrected chi connectivity index (χ1v) is 8.51. The first-order valence-electron chi connectivity index (χ1n) is 8.51. The fourth-order valence-corrected chi connectivity index (χ4v) is 2.66. The molecule has 7 nitrogen and oxygen atoms in total. The molecule has 0 bridgehead atoms. The second-order valence-electron chi connectivity index (χ2n) is 7.19. The minimum atomic E-state index is -0.599. The predicted molar refractivity (Wildman–Crippen MR) is 99.0 cm³/mol. The number of carbonyl (C=O) groups is 2. The number of carbonyl (C=O) groups excluding carboxylic acids is 2. The average molecular weight is 376 g/mol. The van der Waals surface area contributed by atoms with Crippen molar-refractivity contribution in [1.82, 2.24) is 0 Å². The number of aryl methyl sites for hydroxylation is 2. The third kappa shape index (κ3) is 4.87. The minimum absolute atomic E-state index is 0.156. The van der Waals surface area contributed by atoms with Gasteiger partial charge in [-0.15, -0.1) is 0 Å². The summed E-state index contributed by atoms with van der Waals surface area (Å²) < 4.78 is 20.8. The van der Waals surface area contributed by atoms with Gasteiger partial charge in [-0.2, -0.15) is 0 Å². The molecule has 1 aromatic carbocycles. The van der Waals surface area contributed by atoms with Gasteiger partial charge < -0.3 is 18.6 Å². The summed E-state index contributed by atoms with van der Waals surface area (Å²) >= 11 is 0. The predicted octanol–water partition coefficient (Wildman–Crippen LogP) is 2.85. The highest BCUT2D eigenvalue weighted by Crippen LogP contribution is 2.29. The largest absolute Gasteiger partial charge is 0.481 e. The Kier molecular flexibility index (Phi) is 5.93. The van der Waals surface area contributed by atoms with Crippen molar-refractivity contribution in [2.24, 2.45) is 0 Å². The second-order valence-corrected chi connectivity index (χ2v) is 7.19. The molecule has 7 heteroatoms. The summed E-state index contributed by atoms with van der Waals surface area (Å²) in [6.45, 7) is 8.54. The lowest BCUT2D eigenvalue weighted by Gasteiger charge is -2.20. The van der Waals surface area contributed by atoms with Gasteiger partial charge in [0.05, 0.1) is 19.1 Å². The maximum absolute atomic E-state index is 12.3. The molecule has 0 atom stereocenters. The molecule has 0 saturated carbocycles. The maximum Gasteiger partial charge on any atom is 0.344 e. The molecule has 0 N–H and O–H groups in total. The Hall–Kier alpha value is -2.83. The van der Waals surface area contributed by atoms with E-state index in [9.17, 15) is 14.4 Å². The van der Waals surface area contributed by atoms with Crippen LogP contribution in [-0.2, 0) is 25.5 Å². The summed E-state index contributed by atoms with van der Waals surface area (Å²) in [4.78, 5) is 35.7. The SMILES string of the molecule is COC(=O)Cc1c(C)c2ccc(OCC(=O)OC(C)(C)C)c(C)c2oc1=O. The Balaban J connectivity index is 2.34. The molecule has 2 rings (SSSR count). The molecule has 2 aromatic rings. The first kappa shape index (κ1) is 20.5. The van der Waals surface area contributed by atoms with Crippen LogP contribution >= 0.6 is 0 Å². The Morgan fingerprint density at radius 2 is 1.74 bits per heavy atom. The number of hydrogen-bond donors (Lipinski definition) is 0. The van der Waals surface area contributed by atoms with Crippen molar-refractivity contribution in [1.29, 1.82) is 0 Å². The molecule has 1 aromatic heterocycles. The van der Waals surface area contributed by atoms with E-state index in [0.29, 0.717) is 27.8 Å². The average Bonchev–Trinajstić information content (AvgIpc) is 2.56. The van der Waals surface area contributed by atoms with Crippen molar-refractivity contribution < 1.29 is 28.2 Å². The fourth-order valence-electron chi connectivity index (χ4n) is 2.66. The molecule has 0 aliphatic carbocycles.